The second-order valence-corrected chi connectivity index (χ2v) is 16.0. The van der Waals surface area contributed by atoms with Gasteiger partial charge < -0.3 is 15.3 Å². The molecule has 0 amide bonds. The Morgan fingerprint density at radius 2 is 0.830 bits per heavy atom. The molecule has 18 heteroatoms. The Bertz CT molecular complexity index is 2130. The van der Waals surface area contributed by atoms with Crippen molar-refractivity contribution in [3.05, 3.63) is 42.0 Å². The van der Waals surface area contributed by atoms with Crippen LogP contribution < -0.4 is 14.2 Å². The zero-order valence-corrected chi connectivity index (χ0v) is 27.5. The zero-order valence-electron chi connectivity index (χ0n) is 25.1. The van der Waals surface area contributed by atoms with Crippen molar-refractivity contribution >= 4 is 80.3 Å². The molecular weight excluding hydrogens is 679 g/mol. The molecule has 0 heterocycles. The van der Waals surface area contributed by atoms with Crippen molar-refractivity contribution in [2.75, 3.05) is 19.6 Å². The van der Waals surface area contributed by atoms with Gasteiger partial charge in [-0.1, -0.05) is 24.3 Å². The van der Waals surface area contributed by atoms with Crippen molar-refractivity contribution in [2.24, 2.45) is 0 Å². The molecule has 0 unspecified atom stereocenters. The Morgan fingerprint density at radius 1 is 0.532 bits per heavy atom. The van der Waals surface area contributed by atoms with Gasteiger partial charge in [0.15, 0.2) is 0 Å². The van der Waals surface area contributed by atoms with Gasteiger partial charge in [-0.2, -0.15) is 0 Å². The predicted octanol–water partition coefficient (Wildman–Crippen LogP) is 2.32. The lowest BCUT2D eigenvalue weighted by molar-refractivity contribution is -0.138. The minimum absolute atomic E-state index is 0.0285. The molecule has 0 radical (unpaired) electrons. The number of carbonyl (C=O) groups is 3. The van der Waals surface area contributed by atoms with Crippen LogP contribution in [0.25, 0.3) is 32.3 Å². The standard InChI is InChI=1S/C29H33N3O12S3/c1-17-15-22(45(39,40)30-12-2-5-25(33)34)19-10-11-21-24(47(43,44)32-14-4-7-27(37)38)16-23(20-9-8-18(17)28(19)29(20)21)46(41,42)31-13-3-6-26(35)36/h8-11,15-16,30-32H,2-7,12-14H2,1H3,(H,33,34)(H,35,36)(H,37,38). The number of rotatable bonds is 18. The smallest absolute Gasteiger partial charge is 0.303 e. The van der Waals surface area contributed by atoms with E-state index in [1.54, 1.807) is 13.0 Å². The van der Waals surface area contributed by atoms with Gasteiger partial charge in [-0.05, 0) is 54.7 Å². The van der Waals surface area contributed by atoms with E-state index in [0.717, 1.165) is 6.07 Å². The van der Waals surface area contributed by atoms with Crippen molar-refractivity contribution < 1.29 is 55.0 Å². The number of benzene rings is 4. The maximum Gasteiger partial charge on any atom is 0.303 e. The lowest BCUT2D eigenvalue weighted by atomic mass is 9.92. The number of aliphatic carboxylic acids is 3. The Morgan fingerprint density at radius 3 is 1.17 bits per heavy atom. The van der Waals surface area contributed by atoms with Gasteiger partial charge in [-0.3, -0.25) is 14.4 Å². The third-order valence-corrected chi connectivity index (χ3v) is 11.9. The fourth-order valence-corrected chi connectivity index (χ4v) is 9.34. The van der Waals surface area contributed by atoms with Gasteiger partial charge in [-0.25, -0.2) is 39.4 Å². The van der Waals surface area contributed by atoms with Crippen LogP contribution in [0.1, 0.15) is 44.1 Å². The molecule has 0 spiro atoms. The van der Waals surface area contributed by atoms with Crippen molar-refractivity contribution in [1.29, 1.82) is 0 Å². The molecule has 6 N–H and O–H groups in total. The van der Waals surface area contributed by atoms with Crippen LogP contribution in [0.2, 0.25) is 0 Å². The summed E-state index contributed by atoms with van der Waals surface area (Å²) in [5.41, 5.74) is 0.481. The van der Waals surface area contributed by atoms with Crippen LogP contribution in [0.3, 0.4) is 0 Å². The summed E-state index contributed by atoms with van der Waals surface area (Å²) in [5, 5.41) is 28.0. The van der Waals surface area contributed by atoms with Crippen molar-refractivity contribution in [3.63, 3.8) is 0 Å². The van der Waals surface area contributed by atoms with Crippen LogP contribution >= 0.6 is 0 Å². The van der Waals surface area contributed by atoms with E-state index in [-0.39, 0.29) is 90.0 Å². The summed E-state index contributed by atoms with van der Waals surface area (Å²) in [6.45, 7) is 0.947. The molecule has 254 valence electrons. The number of nitrogens with one attached hydrogen (secondary N) is 3. The normalized spacial score (nSPS) is 12.7. The largest absolute Gasteiger partial charge is 0.481 e. The molecule has 0 fully saturated rings. The number of aryl methyl sites for hydroxylation is 1. The molecule has 0 saturated heterocycles. The summed E-state index contributed by atoms with van der Waals surface area (Å²) < 4.78 is 88.5. The highest BCUT2D eigenvalue weighted by Gasteiger charge is 2.29. The van der Waals surface area contributed by atoms with Crippen molar-refractivity contribution in [1.82, 2.24) is 14.2 Å². The number of carboxylic acids is 3. The van der Waals surface area contributed by atoms with Crippen LogP contribution in [-0.2, 0) is 44.5 Å². The van der Waals surface area contributed by atoms with Gasteiger partial charge in [0.1, 0.15) is 0 Å². The number of sulfonamides is 3. The third kappa shape index (κ3) is 7.96. The SMILES string of the molecule is Cc1cc(S(=O)(=O)NCCCC(=O)O)c2ccc3c(S(=O)(=O)NCCCC(=O)O)cc(S(=O)(=O)NCCCC(=O)O)c4ccc1c2c43. The molecule has 47 heavy (non-hydrogen) atoms. The van der Waals surface area contributed by atoms with Crippen LogP contribution in [0.4, 0.5) is 0 Å². The second kappa shape index (κ2) is 14.0. The minimum atomic E-state index is -4.46. The van der Waals surface area contributed by atoms with Gasteiger partial charge in [0.25, 0.3) is 0 Å². The number of carboxylic acid groups (broad SMARTS) is 3. The summed E-state index contributed by atoms with van der Waals surface area (Å²) in [5.74, 6) is -3.36. The van der Waals surface area contributed by atoms with E-state index in [2.05, 4.69) is 14.2 Å². The first-order chi connectivity index (χ1) is 22.0. The van der Waals surface area contributed by atoms with E-state index in [1.807, 2.05) is 0 Å². The minimum Gasteiger partial charge on any atom is -0.481 e. The van der Waals surface area contributed by atoms with Gasteiger partial charge in [0.05, 0.1) is 14.7 Å². The maximum absolute atomic E-state index is 13.6. The highest BCUT2D eigenvalue weighted by atomic mass is 32.2. The summed E-state index contributed by atoms with van der Waals surface area (Å²) in [6.07, 6.45) is -0.958. The molecule has 0 atom stereocenters. The van der Waals surface area contributed by atoms with Gasteiger partial charge in [-0.15, -0.1) is 0 Å². The van der Waals surface area contributed by atoms with Gasteiger partial charge >= 0.3 is 17.9 Å². The van der Waals surface area contributed by atoms with Crippen LogP contribution in [0.15, 0.2) is 51.1 Å². The van der Waals surface area contributed by atoms with Crippen molar-refractivity contribution in [2.45, 2.75) is 60.1 Å². The zero-order chi connectivity index (χ0) is 34.7. The first kappa shape index (κ1) is 35.9. The fourth-order valence-electron chi connectivity index (χ4n) is 5.31. The number of hydrogen-bond acceptors (Lipinski definition) is 9. The molecule has 0 aliphatic carbocycles. The van der Waals surface area contributed by atoms with E-state index < -0.39 is 57.8 Å². The van der Waals surface area contributed by atoms with Crippen LogP contribution in [-0.4, -0.2) is 78.1 Å². The highest BCUT2D eigenvalue weighted by Crippen LogP contribution is 2.43. The monoisotopic (exact) mass is 711 g/mol. The van der Waals surface area contributed by atoms with Gasteiger partial charge in [0, 0.05) is 60.4 Å². The van der Waals surface area contributed by atoms with E-state index in [1.165, 1.54) is 24.3 Å². The van der Waals surface area contributed by atoms with E-state index in [9.17, 15) is 39.6 Å². The third-order valence-electron chi connectivity index (χ3n) is 7.44. The molecule has 0 bridgehead atoms. The molecule has 4 aromatic rings. The Labute approximate surface area is 270 Å². The molecule has 15 nitrogen and oxygen atoms in total. The summed E-state index contributed by atoms with van der Waals surface area (Å²) in [4.78, 5) is 31.7. The lowest BCUT2D eigenvalue weighted by Gasteiger charge is -2.20. The first-order valence-corrected chi connectivity index (χ1v) is 18.8. The average Bonchev–Trinajstić information content (AvgIpc) is 2.98. The number of hydrogen-bond donors (Lipinski definition) is 6. The summed E-state index contributed by atoms with van der Waals surface area (Å²) in [6, 6.07) is 8.25. The van der Waals surface area contributed by atoms with Crippen LogP contribution in [0, 0.1) is 6.92 Å². The van der Waals surface area contributed by atoms with E-state index >= 15 is 0 Å². The second-order valence-electron chi connectivity index (χ2n) is 10.8. The Balaban J connectivity index is 1.98. The van der Waals surface area contributed by atoms with Gasteiger partial charge in [0.2, 0.25) is 30.1 Å². The predicted molar refractivity (Wildman–Crippen MR) is 171 cm³/mol. The molecule has 0 aliphatic rings. The Hall–Kier alpha value is -3.94. The summed E-state index contributed by atoms with van der Waals surface area (Å²) in [7, 11) is -13.2. The molecule has 0 aliphatic heterocycles. The highest BCUT2D eigenvalue weighted by molar-refractivity contribution is 7.90. The molecule has 0 saturated carbocycles. The molecule has 4 rings (SSSR count). The molecular formula is C29H33N3O12S3. The average molecular weight is 712 g/mol. The summed E-state index contributed by atoms with van der Waals surface area (Å²) >= 11 is 0. The first-order valence-electron chi connectivity index (χ1n) is 14.4. The molecule has 4 aromatic carbocycles. The Kier molecular flexibility index (Phi) is 10.7. The maximum atomic E-state index is 13.6. The topological polar surface area (TPSA) is 250 Å². The fraction of sp³-hybridized carbons (Fsp3) is 0.345. The molecule has 0 aromatic heterocycles. The van der Waals surface area contributed by atoms with Crippen molar-refractivity contribution in [3.8, 4) is 0 Å². The lowest BCUT2D eigenvalue weighted by Crippen LogP contribution is -2.28. The van der Waals surface area contributed by atoms with E-state index in [0.29, 0.717) is 10.9 Å². The van der Waals surface area contributed by atoms with E-state index in [4.69, 9.17) is 15.3 Å². The van der Waals surface area contributed by atoms with Crippen LogP contribution in [0.5, 0.6) is 0 Å². The quantitative estimate of drug-likeness (QED) is 0.0643.